The first-order valence-electron chi connectivity index (χ1n) is 7.63. The number of hydrogen-bond donors (Lipinski definition) is 2. The summed E-state index contributed by atoms with van der Waals surface area (Å²) >= 11 is 6.04. The minimum absolute atomic E-state index is 0. The first kappa shape index (κ1) is 18.7. The van der Waals surface area contributed by atoms with Crippen LogP contribution in [0, 0.1) is 5.41 Å². The predicted molar refractivity (Wildman–Crippen MR) is 94.9 cm³/mol. The van der Waals surface area contributed by atoms with Crippen LogP contribution < -0.4 is 15.8 Å². The van der Waals surface area contributed by atoms with Crippen molar-refractivity contribution >= 4 is 41.5 Å². The fourth-order valence-electron chi connectivity index (χ4n) is 3.36. The second-order valence-electron chi connectivity index (χ2n) is 6.32. The number of benzene rings is 1. The molecule has 0 aromatic heterocycles. The third-order valence-corrected chi connectivity index (χ3v) is 5.18. The molecule has 3 N–H and O–H groups in total. The third kappa shape index (κ3) is 3.39. The smallest absolute Gasteiger partial charge is 0.257 e. The van der Waals surface area contributed by atoms with E-state index in [1.165, 1.54) is 7.11 Å². The SMILES string of the molecule is COc1cc(N)c(Cl)cc1C(=O)N1CCC2(CC1)CNC(=O)C2.Cl. The van der Waals surface area contributed by atoms with Gasteiger partial charge in [0, 0.05) is 32.1 Å². The summed E-state index contributed by atoms with van der Waals surface area (Å²) in [6.07, 6.45) is 2.21. The molecular formula is C16H21Cl2N3O3. The van der Waals surface area contributed by atoms with Gasteiger partial charge in [-0.15, -0.1) is 12.4 Å². The Balaban J connectivity index is 0.00000208. The maximum absolute atomic E-state index is 12.8. The fraction of sp³-hybridized carbons (Fsp3) is 0.500. The molecule has 2 aliphatic heterocycles. The molecule has 1 aromatic rings. The number of likely N-dealkylation sites (tertiary alicyclic amines) is 1. The number of nitrogen functional groups attached to an aromatic ring is 1. The number of nitrogens with zero attached hydrogens (tertiary/aromatic N) is 1. The molecule has 0 unspecified atom stereocenters. The summed E-state index contributed by atoms with van der Waals surface area (Å²) in [4.78, 5) is 26.0. The van der Waals surface area contributed by atoms with E-state index in [4.69, 9.17) is 22.1 Å². The van der Waals surface area contributed by atoms with E-state index in [0.717, 1.165) is 12.8 Å². The van der Waals surface area contributed by atoms with Gasteiger partial charge in [0.05, 0.1) is 23.4 Å². The Kier molecular flexibility index (Phi) is 5.50. The summed E-state index contributed by atoms with van der Waals surface area (Å²) in [7, 11) is 1.50. The summed E-state index contributed by atoms with van der Waals surface area (Å²) in [5.74, 6) is 0.419. The molecule has 6 nitrogen and oxygen atoms in total. The van der Waals surface area contributed by atoms with E-state index in [1.54, 1.807) is 17.0 Å². The van der Waals surface area contributed by atoms with Crippen molar-refractivity contribution in [1.29, 1.82) is 0 Å². The van der Waals surface area contributed by atoms with E-state index < -0.39 is 0 Å². The molecule has 2 heterocycles. The minimum Gasteiger partial charge on any atom is -0.496 e. The van der Waals surface area contributed by atoms with Crippen molar-refractivity contribution in [2.45, 2.75) is 19.3 Å². The Bertz CT molecular complexity index is 658. The number of ether oxygens (including phenoxy) is 1. The normalized spacial score (nSPS) is 18.9. The largest absolute Gasteiger partial charge is 0.496 e. The summed E-state index contributed by atoms with van der Waals surface area (Å²) in [5.41, 5.74) is 6.57. The number of carbonyl (C=O) groups is 2. The zero-order valence-electron chi connectivity index (χ0n) is 13.4. The van der Waals surface area contributed by atoms with Crippen molar-refractivity contribution < 1.29 is 14.3 Å². The molecule has 0 saturated carbocycles. The van der Waals surface area contributed by atoms with E-state index in [1.807, 2.05) is 0 Å². The number of nitrogens with one attached hydrogen (secondary N) is 1. The predicted octanol–water partition coefficient (Wildman–Crippen LogP) is 2.09. The Morgan fingerprint density at radius 3 is 2.58 bits per heavy atom. The zero-order chi connectivity index (χ0) is 16.6. The van der Waals surface area contributed by atoms with Crippen LogP contribution in [0.25, 0.3) is 0 Å². The molecule has 8 heteroatoms. The standard InChI is InChI=1S/C16H20ClN3O3.ClH/c1-23-13-7-12(18)11(17)6-10(13)15(22)20-4-2-16(3-5-20)8-14(21)19-9-16;/h6-7H,2-5,8-9,18H2,1H3,(H,19,21);1H. The van der Waals surface area contributed by atoms with Crippen LogP contribution in [-0.2, 0) is 4.79 Å². The van der Waals surface area contributed by atoms with Crippen LogP contribution in [0.4, 0.5) is 5.69 Å². The average molecular weight is 374 g/mol. The molecule has 2 amide bonds. The molecule has 24 heavy (non-hydrogen) atoms. The maximum atomic E-state index is 12.8. The fourth-order valence-corrected chi connectivity index (χ4v) is 3.53. The third-order valence-electron chi connectivity index (χ3n) is 4.86. The van der Waals surface area contributed by atoms with E-state index in [0.29, 0.717) is 48.1 Å². The van der Waals surface area contributed by atoms with Crippen molar-refractivity contribution in [2.24, 2.45) is 5.41 Å². The molecule has 3 rings (SSSR count). The van der Waals surface area contributed by atoms with Gasteiger partial charge in [-0.05, 0) is 24.3 Å². The first-order valence-corrected chi connectivity index (χ1v) is 8.01. The van der Waals surface area contributed by atoms with Crippen molar-refractivity contribution in [3.63, 3.8) is 0 Å². The lowest BCUT2D eigenvalue weighted by Crippen LogP contribution is -2.44. The lowest BCUT2D eigenvalue weighted by atomic mass is 9.77. The van der Waals surface area contributed by atoms with Crippen molar-refractivity contribution in [3.05, 3.63) is 22.7 Å². The minimum atomic E-state index is -0.115. The van der Waals surface area contributed by atoms with Gasteiger partial charge < -0.3 is 20.7 Å². The molecule has 1 spiro atoms. The second-order valence-corrected chi connectivity index (χ2v) is 6.73. The molecule has 1 aromatic carbocycles. The highest BCUT2D eigenvalue weighted by Gasteiger charge is 2.41. The van der Waals surface area contributed by atoms with Crippen molar-refractivity contribution in [2.75, 3.05) is 32.5 Å². The van der Waals surface area contributed by atoms with E-state index in [-0.39, 0.29) is 29.6 Å². The Morgan fingerprint density at radius 1 is 1.38 bits per heavy atom. The van der Waals surface area contributed by atoms with Crippen LogP contribution >= 0.6 is 24.0 Å². The van der Waals surface area contributed by atoms with Crippen LogP contribution in [-0.4, -0.2) is 43.5 Å². The Morgan fingerprint density at radius 2 is 2.04 bits per heavy atom. The monoisotopic (exact) mass is 373 g/mol. The van der Waals surface area contributed by atoms with E-state index in [2.05, 4.69) is 5.32 Å². The molecule has 132 valence electrons. The number of halogens is 2. The van der Waals surface area contributed by atoms with Crippen LogP contribution in [0.3, 0.4) is 0 Å². The van der Waals surface area contributed by atoms with Gasteiger partial charge in [0.2, 0.25) is 5.91 Å². The van der Waals surface area contributed by atoms with Crippen LogP contribution in [0.2, 0.25) is 5.02 Å². The molecule has 0 atom stereocenters. The molecule has 2 saturated heterocycles. The van der Waals surface area contributed by atoms with Crippen molar-refractivity contribution in [3.8, 4) is 5.75 Å². The van der Waals surface area contributed by atoms with Gasteiger partial charge in [0.15, 0.2) is 0 Å². The number of anilines is 1. The van der Waals surface area contributed by atoms with Gasteiger partial charge in [-0.1, -0.05) is 11.6 Å². The second kappa shape index (κ2) is 7.07. The molecule has 2 fully saturated rings. The molecule has 0 bridgehead atoms. The maximum Gasteiger partial charge on any atom is 0.257 e. The van der Waals surface area contributed by atoms with Crippen LogP contribution in [0.15, 0.2) is 12.1 Å². The summed E-state index contributed by atoms with van der Waals surface area (Å²) in [6.45, 7) is 1.96. The summed E-state index contributed by atoms with van der Waals surface area (Å²) in [6, 6.07) is 3.13. The quantitative estimate of drug-likeness (QED) is 0.777. The Hall–Kier alpha value is -1.66. The zero-order valence-corrected chi connectivity index (χ0v) is 15.0. The highest BCUT2D eigenvalue weighted by atomic mass is 35.5. The van der Waals surface area contributed by atoms with E-state index in [9.17, 15) is 9.59 Å². The number of amides is 2. The van der Waals surface area contributed by atoms with Crippen LogP contribution in [0.1, 0.15) is 29.6 Å². The number of hydrogen-bond acceptors (Lipinski definition) is 4. The van der Waals surface area contributed by atoms with Gasteiger partial charge >= 0.3 is 0 Å². The Labute approximate surface area is 152 Å². The number of nitrogens with two attached hydrogens (primary N) is 1. The molecule has 0 radical (unpaired) electrons. The summed E-state index contributed by atoms with van der Waals surface area (Å²) in [5, 5.41) is 3.23. The van der Waals surface area contributed by atoms with Gasteiger partial charge in [-0.3, -0.25) is 9.59 Å². The van der Waals surface area contributed by atoms with Crippen LogP contribution in [0.5, 0.6) is 5.75 Å². The number of carbonyl (C=O) groups excluding carboxylic acids is 2. The summed E-state index contributed by atoms with van der Waals surface area (Å²) < 4.78 is 5.26. The number of methoxy groups -OCH3 is 1. The average Bonchev–Trinajstić information content (AvgIpc) is 2.90. The number of piperidine rings is 1. The topological polar surface area (TPSA) is 84.7 Å². The van der Waals surface area contributed by atoms with Gasteiger partial charge in [0.25, 0.3) is 5.91 Å². The highest BCUT2D eigenvalue weighted by molar-refractivity contribution is 6.33. The van der Waals surface area contributed by atoms with Gasteiger partial charge in [-0.25, -0.2) is 0 Å². The molecular weight excluding hydrogens is 353 g/mol. The first-order chi connectivity index (χ1) is 10.9. The van der Waals surface area contributed by atoms with Gasteiger partial charge in [-0.2, -0.15) is 0 Å². The van der Waals surface area contributed by atoms with Gasteiger partial charge in [0.1, 0.15) is 5.75 Å². The van der Waals surface area contributed by atoms with E-state index >= 15 is 0 Å². The lowest BCUT2D eigenvalue weighted by Gasteiger charge is -2.38. The lowest BCUT2D eigenvalue weighted by molar-refractivity contribution is -0.119. The molecule has 2 aliphatic rings. The van der Waals surface area contributed by atoms with Crippen molar-refractivity contribution in [1.82, 2.24) is 10.2 Å². The molecule has 0 aliphatic carbocycles. The number of rotatable bonds is 2. The highest BCUT2D eigenvalue weighted by Crippen LogP contribution is 2.38.